The minimum atomic E-state index is -0.526. The lowest BCUT2D eigenvalue weighted by Gasteiger charge is -2.14. The van der Waals surface area contributed by atoms with E-state index in [1.165, 1.54) is 6.92 Å². The Morgan fingerprint density at radius 1 is 0.631 bits per heavy atom. The molecule has 0 aliphatic rings. The van der Waals surface area contributed by atoms with Crippen LogP contribution in [0.5, 0.6) is 5.75 Å². The highest BCUT2D eigenvalue weighted by molar-refractivity contribution is 6.00. The zero-order valence-corrected chi connectivity index (χ0v) is 37.9. The number of carbonyl (C=O) groups excluding carboxylic acids is 3. The van der Waals surface area contributed by atoms with Crippen molar-refractivity contribution in [1.82, 2.24) is 20.3 Å². The second-order valence-corrected chi connectivity index (χ2v) is 14.3. The molecule has 20 nitrogen and oxygen atoms in total. The van der Waals surface area contributed by atoms with Gasteiger partial charge in [-0.2, -0.15) is 0 Å². The molecule has 3 aromatic rings. The quantitative estimate of drug-likeness (QED) is 0.0416. The first-order chi connectivity index (χ1) is 31.9. The van der Waals surface area contributed by atoms with Crippen molar-refractivity contribution in [2.45, 2.75) is 45.4 Å². The third-order valence-electron chi connectivity index (χ3n) is 9.14. The fourth-order valence-corrected chi connectivity index (χ4v) is 5.67. The van der Waals surface area contributed by atoms with E-state index in [0.717, 1.165) is 5.56 Å². The van der Waals surface area contributed by atoms with E-state index >= 15 is 0 Å². The van der Waals surface area contributed by atoms with Crippen molar-refractivity contribution in [3.8, 4) is 5.75 Å². The zero-order valence-electron chi connectivity index (χ0n) is 37.9. The molecule has 0 fully saturated rings. The van der Waals surface area contributed by atoms with E-state index in [1.807, 2.05) is 30.5 Å². The van der Waals surface area contributed by atoms with Gasteiger partial charge in [-0.15, -0.1) is 5.10 Å². The first-order valence-electron chi connectivity index (χ1n) is 22.1. The van der Waals surface area contributed by atoms with E-state index in [4.69, 9.17) is 63.6 Å². The average Bonchev–Trinajstić information content (AvgIpc) is 3.77. The molecule has 0 radical (unpaired) electrons. The highest BCUT2D eigenvalue weighted by Crippen LogP contribution is 2.15. The van der Waals surface area contributed by atoms with Gasteiger partial charge in [0.05, 0.1) is 144 Å². The van der Waals surface area contributed by atoms with Gasteiger partial charge >= 0.3 is 0 Å². The molecule has 5 N–H and O–H groups in total. The van der Waals surface area contributed by atoms with Crippen LogP contribution in [0.3, 0.4) is 0 Å². The number of amides is 1. The second-order valence-electron chi connectivity index (χ2n) is 14.3. The molecule has 2 aromatic carbocycles. The Hall–Kier alpha value is -4.29. The molecule has 20 heteroatoms. The summed E-state index contributed by atoms with van der Waals surface area (Å²) in [7, 11) is 0. The molecule has 0 spiro atoms. The summed E-state index contributed by atoms with van der Waals surface area (Å²) in [5, 5.41) is 11.1. The maximum atomic E-state index is 12.3. The molecule has 0 saturated heterocycles. The van der Waals surface area contributed by atoms with Crippen molar-refractivity contribution >= 4 is 17.5 Å². The molecule has 0 bridgehead atoms. The average molecular weight is 919 g/mol. The molecule has 0 aliphatic heterocycles. The molecule has 0 unspecified atom stereocenters. The van der Waals surface area contributed by atoms with Gasteiger partial charge in [0.25, 0.3) is 0 Å². The Balaban J connectivity index is 0.960. The number of benzene rings is 2. The van der Waals surface area contributed by atoms with Gasteiger partial charge < -0.3 is 63.6 Å². The van der Waals surface area contributed by atoms with E-state index in [9.17, 15) is 14.4 Å². The number of hydrogen-bond donors (Lipinski definition) is 3. The number of ketones is 2. The van der Waals surface area contributed by atoms with Crippen LogP contribution in [-0.2, 0) is 71.7 Å². The number of aromatic nitrogens is 3. The number of hydrogen-bond acceptors (Lipinski definition) is 18. The maximum absolute atomic E-state index is 12.3. The van der Waals surface area contributed by atoms with Gasteiger partial charge in [0.2, 0.25) is 5.91 Å². The minimum Gasteiger partial charge on any atom is -0.487 e. The largest absolute Gasteiger partial charge is 0.487 e. The van der Waals surface area contributed by atoms with Crippen LogP contribution in [0.15, 0.2) is 54.7 Å². The fourth-order valence-electron chi connectivity index (χ4n) is 5.67. The predicted octanol–water partition coefficient (Wildman–Crippen LogP) is 1.79. The summed E-state index contributed by atoms with van der Waals surface area (Å²) in [6.07, 6.45) is 3.22. The fraction of sp³-hybridized carbons (Fsp3) is 0.622. The van der Waals surface area contributed by atoms with Crippen LogP contribution in [0.1, 0.15) is 51.7 Å². The van der Waals surface area contributed by atoms with Gasteiger partial charge in [-0.05, 0) is 43.5 Å². The molecule has 65 heavy (non-hydrogen) atoms. The molecule has 364 valence electrons. The summed E-state index contributed by atoms with van der Waals surface area (Å²) < 4.78 is 62.8. The van der Waals surface area contributed by atoms with Crippen molar-refractivity contribution in [3.05, 3.63) is 77.1 Å². The summed E-state index contributed by atoms with van der Waals surface area (Å²) in [6.45, 7) is 11.7. The van der Waals surface area contributed by atoms with Gasteiger partial charge in [-0.1, -0.05) is 35.5 Å². The summed E-state index contributed by atoms with van der Waals surface area (Å²) >= 11 is 0. The van der Waals surface area contributed by atoms with Gasteiger partial charge in [-0.25, -0.2) is 4.68 Å². The number of nitrogens with zero attached hydrogens (tertiary/aromatic N) is 3. The topological polar surface area (TPSA) is 248 Å². The highest BCUT2D eigenvalue weighted by Gasteiger charge is 2.15. The third kappa shape index (κ3) is 27.7. The summed E-state index contributed by atoms with van der Waals surface area (Å²) in [4.78, 5) is 35.3. The van der Waals surface area contributed by atoms with E-state index in [2.05, 4.69) is 15.6 Å². The lowest BCUT2D eigenvalue weighted by Crippen LogP contribution is -2.45. The van der Waals surface area contributed by atoms with Crippen molar-refractivity contribution in [3.63, 3.8) is 0 Å². The smallest absolute Gasteiger partial charge is 0.234 e. The first kappa shape index (κ1) is 55.0. The Kier molecular flexibility index (Phi) is 31.2. The van der Waals surface area contributed by atoms with E-state index in [0.29, 0.717) is 181 Å². The molecular weight excluding hydrogens is 849 g/mol. The molecular formula is C45H70N6O14. The number of nitrogens with two attached hydrogens (primary N) is 2. The van der Waals surface area contributed by atoms with Crippen LogP contribution >= 0.6 is 0 Å². The summed E-state index contributed by atoms with van der Waals surface area (Å²) in [5.41, 5.74) is 13.6. The normalized spacial score (nSPS) is 11.8. The Labute approximate surface area is 382 Å². The number of rotatable bonds is 44. The van der Waals surface area contributed by atoms with Crippen LogP contribution < -0.4 is 21.5 Å². The monoisotopic (exact) mass is 918 g/mol. The van der Waals surface area contributed by atoms with Crippen molar-refractivity contribution in [2.24, 2.45) is 11.5 Å². The Bertz CT molecular complexity index is 1680. The molecule has 1 atom stereocenters. The van der Waals surface area contributed by atoms with Crippen LogP contribution in [-0.4, -0.2) is 177 Å². The molecule has 0 saturated carbocycles. The Morgan fingerprint density at radius 2 is 1.09 bits per heavy atom. The van der Waals surface area contributed by atoms with Gasteiger partial charge in [0.1, 0.15) is 18.1 Å². The van der Waals surface area contributed by atoms with Crippen LogP contribution in [0.25, 0.3) is 0 Å². The standard InChI is InChI=1S/C45H70N6O14/c1-37(52)39-4-2-5-40(33-39)44(53)6-3-12-55-14-16-57-18-20-59-22-24-61-26-28-63-30-31-64-29-27-62-25-23-60-21-19-58-17-15-56-13-11-51-34-41(49-50-51)35-65-42-9-7-38(8-10-42)32-43(45(47)54)48-36-46/h2,4-5,7-10,33-34,43,48H,3,6,11-32,35-36,46H2,1H3,(H2,47,54)/t43-/m0/s1. The Morgan fingerprint density at radius 3 is 1.55 bits per heavy atom. The lowest BCUT2D eigenvalue weighted by molar-refractivity contribution is -0.120. The summed E-state index contributed by atoms with van der Waals surface area (Å²) in [6, 6.07) is 13.7. The highest BCUT2D eigenvalue weighted by atomic mass is 16.6. The van der Waals surface area contributed by atoms with Gasteiger partial charge in [0.15, 0.2) is 11.6 Å². The number of Topliss-reactive ketones (excluding diaryl/α,β-unsaturated/α-hetero) is 2. The van der Waals surface area contributed by atoms with E-state index in [1.54, 1.807) is 28.9 Å². The van der Waals surface area contributed by atoms with Crippen molar-refractivity contribution in [1.29, 1.82) is 0 Å². The number of carbonyl (C=O) groups is 3. The van der Waals surface area contributed by atoms with Crippen molar-refractivity contribution in [2.75, 3.05) is 139 Å². The molecule has 1 amide bonds. The van der Waals surface area contributed by atoms with Crippen LogP contribution in [0.2, 0.25) is 0 Å². The molecule has 0 aliphatic carbocycles. The second kappa shape index (κ2) is 36.9. The number of ether oxygens (including phenoxy) is 11. The van der Waals surface area contributed by atoms with Gasteiger partial charge in [0, 0.05) is 30.8 Å². The van der Waals surface area contributed by atoms with E-state index < -0.39 is 11.9 Å². The van der Waals surface area contributed by atoms with E-state index in [-0.39, 0.29) is 24.8 Å². The predicted molar refractivity (Wildman–Crippen MR) is 238 cm³/mol. The number of primary amides is 1. The third-order valence-corrected chi connectivity index (χ3v) is 9.14. The van der Waals surface area contributed by atoms with Crippen LogP contribution in [0, 0.1) is 0 Å². The van der Waals surface area contributed by atoms with Gasteiger partial charge in [-0.3, -0.25) is 19.7 Å². The van der Waals surface area contributed by atoms with Crippen LogP contribution in [0.4, 0.5) is 0 Å². The summed E-state index contributed by atoms with van der Waals surface area (Å²) in [5.74, 6) is 0.163. The molecule has 3 rings (SSSR count). The first-order valence-corrected chi connectivity index (χ1v) is 22.1. The lowest BCUT2D eigenvalue weighted by atomic mass is 10.0. The number of nitrogens with one attached hydrogen (secondary N) is 1. The minimum absolute atomic E-state index is 0.000422. The van der Waals surface area contributed by atoms with Crippen molar-refractivity contribution < 1.29 is 66.5 Å². The maximum Gasteiger partial charge on any atom is 0.234 e. The molecule has 1 heterocycles. The molecule has 1 aromatic heterocycles. The zero-order chi connectivity index (χ0) is 46.4. The SMILES string of the molecule is CC(=O)c1cccc(C(=O)CCCOCCOCCOCCOCCOCCOCCOCCOCCOCCOCCn2cc(COc3ccc(C[C@H](NCN)C(N)=O)cc3)nn2)c1.